The first kappa shape index (κ1) is 21.5. The minimum absolute atomic E-state index is 0.0431. The van der Waals surface area contributed by atoms with E-state index in [1.54, 1.807) is 18.2 Å². The second kappa shape index (κ2) is 9.19. The summed E-state index contributed by atoms with van der Waals surface area (Å²) in [5.74, 6) is -1.66. The van der Waals surface area contributed by atoms with Crippen LogP contribution in [0.2, 0.25) is 0 Å². The van der Waals surface area contributed by atoms with Gasteiger partial charge >= 0.3 is 0 Å². The van der Waals surface area contributed by atoms with Crippen LogP contribution in [-0.2, 0) is 9.59 Å². The molecule has 0 spiro atoms. The lowest BCUT2D eigenvalue weighted by atomic mass is 10.1. The van der Waals surface area contributed by atoms with Crippen molar-refractivity contribution in [3.05, 3.63) is 72.1 Å². The van der Waals surface area contributed by atoms with Crippen LogP contribution in [0.1, 0.15) is 17.8 Å². The van der Waals surface area contributed by atoms with Gasteiger partial charge < -0.3 is 14.8 Å². The number of carbonyl (C=O) groups excluding carboxylic acids is 2. The lowest BCUT2D eigenvalue weighted by Crippen LogP contribution is -2.61. The maximum atomic E-state index is 12.3. The molecule has 162 valence electrons. The maximum Gasteiger partial charge on any atom is 0.253 e. The minimum atomic E-state index is -1.37. The molecular formula is C23H20N5O3S-. The number of hydrogen-bond acceptors (Lipinski definition) is 7. The normalized spacial score (nSPS) is 17.3. The molecule has 1 amide bonds. The van der Waals surface area contributed by atoms with Crippen LogP contribution in [-0.4, -0.2) is 33.8 Å². The Balaban J connectivity index is 1.83. The highest BCUT2D eigenvalue weighted by Gasteiger charge is 2.34. The van der Waals surface area contributed by atoms with E-state index in [0.717, 1.165) is 9.79 Å². The quantitative estimate of drug-likeness (QED) is 0.641. The van der Waals surface area contributed by atoms with Crippen LogP contribution in [0.4, 0.5) is 11.6 Å². The van der Waals surface area contributed by atoms with Gasteiger partial charge in [0.15, 0.2) is 0 Å². The van der Waals surface area contributed by atoms with Crippen molar-refractivity contribution in [3.63, 3.8) is 0 Å². The number of nitrogens with zero attached hydrogens (tertiary/aromatic N) is 4. The van der Waals surface area contributed by atoms with Gasteiger partial charge in [0.25, 0.3) is 5.95 Å². The molecule has 4 rings (SSSR count). The van der Waals surface area contributed by atoms with Gasteiger partial charge in [0.1, 0.15) is 0 Å². The molecule has 0 bridgehead atoms. The van der Waals surface area contributed by atoms with Gasteiger partial charge in [0.2, 0.25) is 11.9 Å². The Morgan fingerprint density at radius 1 is 1.09 bits per heavy atom. The number of aliphatic imine (C=N–C) groups is 1. The zero-order chi connectivity index (χ0) is 22.7. The number of hydrogen-bond donors (Lipinski definition) is 1. The molecule has 1 aliphatic rings. The third-order valence-corrected chi connectivity index (χ3v) is 5.79. The van der Waals surface area contributed by atoms with Crippen LogP contribution < -0.4 is 15.3 Å². The van der Waals surface area contributed by atoms with E-state index in [1.165, 1.54) is 16.7 Å². The molecule has 8 nitrogen and oxygen atoms in total. The number of rotatable bonds is 5. The number of aryl methyl sites for hydroxylation is 2. The standard InChI is InChI=1S/C23H21N5O3S/c1-14-12-15(2)25-22(24-14)27-23-26-20(29)13-18(21(30)31)28(23)17-10-6-7-11-19(17)32-16-8-4-3-5-9-16/h3-12,18H,13H2,1-2H3,(H,30,31)(H,24,25,26,27,29)/p-1/t18-/m1/s1. The first-order valence-corrected chi connectivity index (χ1v) is 10.8. The Labute approximate surface area is 189 Å². The van der Waals surface area contributed by atoms with E-state index in [0.29, 0.717) is 17.1 Å². The van der Waals surface area contributed by atoms with Gasteiger partial charge in [-0.2, -0.15) is 4.99 Å². The predicted octanol–water partition coefficient (Wildman–Crippen LogP) is 2.38. The Morgan fingerprint density at radius 3 is 2.44 bits per heavy atom. The number of guanidine groups is 1. The summed E-state index contributed by atoms with van der Waals surface area (Å²) in [5, 5.41) is 14.7. The van der Waals surface area contributed by atoms with E-state index in [9.17, 15) is 14.7 Å². The molecule has 1 N–H and O–H groups in total. The van der Waals surface area contributed by atoms with Crippen LogP contribution in [0.3, 0.4) is 0 Å². The number of para-hydroxylation sites is 1. The first-order chi connectivity index (χ1) is 15.4. The lowest BCUT2D eigenvalue weighted by Gasteiger charge is -2.38. The zero-order valence-electron chi connectivity index (χ0n) is 17.5. The SMILES string of the molecule is Cc1cc(C)nc(/N=C2\NC(=O)C[C@H](C(=O)[O-])N2c2ccccc2Sc2ccccc2)n1. The Hall–Kier alpha value is -3.72. The second-order valence-corrected chi connectivity index (χ2v) is 8.34. The summed E-state index contributed by atoms with van der Waals surface area (Å²) >= 11 is 1.48. The summed E-state index contributed by atoms with van der Waals surface area (Å²) in [4.78, 5) is 40.6. The molecule has 1 aromatic heterocycles. The maximum absolute atomic E-state index is 12.3. The fraction of sp³-hybridized carbons (Fsp3) is 0.174. The van der Waals surface area contributed by atoms with Gasteiger partial charge in [0.05, 0.1) is 24.1 Å². The molecule has 2 heterocycles. The number of carboxylic acids is 1. The minimum Gasteiger partial charge on any atom is -0.548 e. The van der Waals surface area contributed by atoms with Gasteiger partial charge in [-0.1, -0.05) is 42.1 Å². The Kier molecular flexibility index (Phi) is 6.18. The van der Waals surface area contributed by atoms with E-state index in [-0.39, 0.29) is 18.3 Å². The predicted molar refractivity (Wildman–Crippen MR) is 120 cm³/mol. The Morgan fingerprint density at radius 2 is 1.75 bits per heavy atom. The van der Waals surface area contributed by atoms with Crippen molar-refractivity contribution in [2.75, 3.05) is 4.90 Å². The molecule has 0 unspecified atom stereocenters. The molecule has 0 saturated carbocycles. The highest BCUT2D eigenvalue weighted by Crippen LogP contribution is 2.37. The van der Waals surface area contributed by atoms with Crippen molar-refractivity contribution in [1.82, 2.24) is 15.3 Å². The topological polar surface area (TPSA) is 111 Å². The van der Waals surface area contributed by atoms with Crippen molar-refractivity contribution in [2.45, 2.75) is 36.1 Å². The van der Waals surface area contributed by atoms with Gasteiger partial charge in [0, 0.05) is 21.2 Å². The molecule has 3 aromatic rings. The van der Waals surface area contributed by atoms with Crippen molar-refractivity contribution < 1.29 is 14.7 Å². The Bertz CT molecular complexity index is 1180. The molecule has 32 heavy (non-hydrogen) atoms. The van der Waals surface area contributed by atoms with Crippen molar-refractivity contribution >= 4 is 41.2 Å². The third-order valence-electron chi connectivity index (χ3n) is 4.71. The first-order valence-electron chi connectivity index (χ1n) is 9.93. The van der Waals surface area contributed by atoms with Crippen molar-refractivity contribution in [1.29, 1.82) is 0 Å². The van der Waals surface area contributed by atoms with Crippen molar-refractivity contribution in [2.24, 2.45) is 4.99 Å². The highest BCUT2D eigenvalue weighted by molar-refractivity contribution is 7.99. The van der Waals surface area contributed by atoms with Gasteiger partial charge in [-0.15, -0.1) is 0 Å². The van der Waals surface area contributed by atoms with Gasteiger partial charge in [-0.25, -0.2) is 9.97 Å². The van der Waals surface area contributed by atoms with Gasteiger partial charge in [-0.3, -0.25) is 10.1 Å². The summed E-state index contributed by atoms with van der Waals surface area (Å²) in [5.41, 5.74) is 2.00. The number of anilines is 1. The fourth-order valence-electron chi connectivity index (χ4n) is 3.41. The summed E-state index contributed by atoms with van der Waals surface area (Å²) in [6, 6.07) is 17.6. The van der Waals surface area contributed by atoms with Crippen LogP contribution in [0.5, 0.6) is 0 Å². The molecule has 2 aromatic carbocycles. The molecule has 1 fully saturated rings. The summed E-state index contributed by atoms with van der Waals surface area (Å²) in [6.07, 6.45) is -0.264. The number of carbonyl (C=O) groups is 2. The number of aliphatic carboxylic acids is 1. The van der Waals surface area contributed by atoms with E-state index in [4.69, 9.17) is 0 Å². The summed E-state index contributed by atoms with van der Waals surface area (Å²) < 4.78 is 0. The van der Waals surface area contributed by atoms with Crippen molar-refractivity contribution in [3.8, 4) is 0 Å². The van der Waals surface area contributed by atoms with Crippen LogP contribution in [0, 0.1) is 13.8 Å². The highest BCUT2D eigenvalue weighted by atomic mass is 32.2. The number of aromatic nitrogens is 2. The number of nitrogens with one attached hydrogen (secondary N) is 1. The summed E-state index contributed by atoms with van der Waals surface area (Å²) in [7, 11) is 0. The van der Waals surface area contributed by atoms with Crippen LogP contribution >= 0.6 is 11.8 Å². The average Bonchev–Trinajstić information content (AvgIpc) is 2.74. The van der Waals surface area contributed by atoms with Crippen LogP contribution in [0.15, 0.2) is 75.4 Å². The van der Waals surface area contributed by atoms with E-state index < -0.39 is 17.9 Å². The van der Waals surface area contributed by atoms with Crippen LogP contribution in [0.25, 0.3) is 0 Å². The molecule has 0 aliphatic carbocycles. The monoisotopic (exact) mass is 446 g/mol. The molecule has 9 heteroatoms. The zero-order valence-corrected chi connectivity index (χ0v) is 18.3. The largest absolute Gasteiger partial charge is 0.548 e. The van der Waals surface area contributed by atoms with E-state index >= 15 is 0 Å². The van der Waals surface area contributed by atoms with E-state index in [2.05, 4.69) is 20.3 Å². The second-order valence-electron chi connectivity index (χ2n) is 7.23. The average molecular weight is 447 g/mol. The molecular weight excluding hydrogens is 426 g/mol. The summed E-state index contributed by atoms with van der Waals surface area (Å²) in [6.45, 7) is 3.62. The molecule has 1 saturated heterocycles. The lowest BCUT2D eigenvalue weighted by molar-refractivity contribution is -0.307. The molecule has 0 radical (unpaired) electrons. The van der Waals surface area contributed by atoms with E-state index in [1.807, 2.05) is 56.3 Å². The fourth-order valence-corrected chi connectivity index (χ4v) is 4.38. The number of carboxylic acid groups (broad SMARTS) is 1. The molecule has 1 aliphatic heterocycles. The number of amides is 1. The number of benzene rings is 2. The third kappa shape index (κ3) is 4.78. The molecule has 1 atom stereocenters. The smallest absolute Gasteiger partial charge is 0.253 e. The van der Waals surface area contributed by atoms with Gasteiger partial charge in [-0.05, 0) is 44.2 Å².